The highest BCUT2D eigenvalue weighted by atomic mass is 79.9. The molecule has 12 heavy (non-hydrogen) atoms. The Kier molecular flexibility index (Phi) is 3.41. The quantitative estimate of drug-likeness (QED) is 0.639. The van der Waals surface area contributed by atoms with Gasteiger partial charge in [-0.1, -0.05) is 22.0 Å². The highest BCUT2D eigenvalue weighted by Gasteiger charge is 1.99. The van der Waals surface area contributed by atoms with E-state index in [0.717, 1.165) is 16.6 Å². The molecule has 0 heterocycles. The zero-order chi connectivity index (χ0) is 8.97. The monoisotopic (exact) mass is 229 g/mol. The number of alkyl halides is 1. The van der Waals surface area contributed by atoms with E-state index < -0.39 is 0 Å². The lowest BCUT2D eigenvalue weighted by atomic mass is 10.2. The van der Waals surface area contributed by atoms with Gasteiger partial charge < -0.3 is 10.5 Å². The molecule has 2 N–H and O–H groups in total. The lowest BCUT2D eigenvalue weighted by Crippen LogP contribution is -1.97. The molecule has 0 saturated carbocycles. The van der Waals surface area contributed by atoms with Crippen molar-refractivity contribution in [1.82, 2.24) is 0 Å². The Bertz CT molecular complexity index is 263. The Balaban J connectivity index is 2.87. The van der Waals surface area contributed by atoms with E-state index in [2.05, 4.69) is 15.9 Å². The second kappa shape index (κ2) is 4.36. The SMILES string of the molecule is CCOc1ccc(CBr)cc1N. The van der Waals surface area contributed by atoms with Crippen molar-refractivity contribution in [2.75, 3.05) is 12.3 Å². The third kappa shape index (κ3) is 2.14. The summed E-state index contributed by atoms with van der Waals surface area (Å²) in [4.78, 5) is 0. The molecule has 1 rings (SSSR count). The van der Waals surface area contributed by atoms with Crippen LogP contribution in [0.5, 0.6) is 5.75 Å². The molecule has 2 nitrogen and oxygen atoms in total. The Hall–Kier alpha value is -0.700. The molecule has 0 spiro atoms. The van der Waals surface area contributed by atoms with Crippen molar-refractivity contribution in [1.29, 1.82) is 0 Å². The third-order valence-corrected chi connectivity index (χ3v) is 2.18. The van der Waals surface area contributed by atoms with E-state index >= 15 is 0 Å². The molecule has 1 aromatic carbocycles. The summed E-state index contributed by atoms with van der Waals surface area (Å²) in [6.45, 7) is 2.59. The zero-order valence-electron chi connectivity index (χ0n) is 7.01. The second-order valence-corrected chi connectivity index (χ2v) is 3.00. The summed E-state index contributed by atoms with van der Waals surface area (Å²) in [6, 6.07) is 5.81. The minimum atomic E-state index is 0.651. The lowest BCUT2D eigenvalue weighted by molar-refractivity contribution is 0.342. The third-order valence-electron chi connectivity index (χ3n) is 1.53. The molecule has 0 aliphatic heterocycles. The van der Waals surface area contributed by atoms with Gasteiger partial charge in [-0.25, -0.2) is 0 Å². The first-order valence-electron chi connectivity index (χ1n) is 3.85. The molecule has 66 valence electrons. The van der Waals surface area contributed by atoms with Crippen LogP contribution < -0.4 is 10.5 Å². The number of nitrogen functional groups attached to an aromatic ring is 1. The van der Waals surface area contributed by atoms with Gasteiger partial charge in [0, 0.05) is 5.33 Å². The largest absolute Gasteiger partial charge is 0.492 e. The van der Waals surface area contributed by atoms with Crippen molar-refractivity contribution in [3.63, 3.8) is 0 Å². The molecule has 0 aliphatic rings. The number of benzene rings is 1. The van der Waals surface area contributed by atoms with Crippen molar-refractivity contribution in [3.05, 3.63) is 23.8 Å². The van der Waals surface area contributed by atoms with Gasteiger partial charge in [-0.15, -0.1) is 0 Å². The highest BCUT2D eigenvalue weighted by Crippen LogP contribution is 2.23. The van der Waals surface area contributed by atoms with Crippen LogP contribution in [0.3, 0.4) is 0 Å². The van der Waals surface area contributed by atoms with Crippen LogP contribution >= 0.6 is 15.9 Å². The van der Waals surface area contributed by atoms with Crippen LogP contribution in [-0.4, -0.2) is 6.61 Å². The number of hydrogen-bond donors (Lipinski definition) is 1. The van der Waals surface area contributed by atoms with Gasteiger partial charge in [0.1, 0.15) is 5.75 Å². The van der Waals surface area contributed by atoms with Crippen LogP contribution in [0.15, 0.2) is 18.2 Å². The number of anilines is 1. The Labute approximate surface area is 80.8 Å². The maximum atomic E-state index is 5.74. The van der Waals surface area contributed by atoms with Crippen molar-refractivity contribution in [2.45, 2.75) is 12.3 Å². The summed E-state index contributed by atoms with van der Waals surface area (Å²) in [5.74, 6) is 0.766. The molecule has 0 radical (unpaired) electrons. The van der Waals surface area contributed by atoms with Gasteiger partial charge in [0.25, 0.3) is 0 Å². The predicted molar refractivity (Wildman–Crippen MR) is 54.7 cm³/mol. The highest BCUT2D eigenvalue weighted by molar-refractivity contribution is 9.08. The molecular weight excluding hydrogens is 218 g/mol. The fraction of sp³-hybridized carbons (Fsp3) is 0.333. The summed E-state index contributed by atoms with van der Waals surface area (Å²) in [6.07, 6.45) is 0. The molecule has 0 unspecified atom stereocenters. The van der Waals surface area contributed by atoms with Crippen LogP contribution in [-0.2, 0) is 5.33 Å². The molecule has 0 aliphatic carbocycles. The maximum absolute atomic E-state index is 5.74. The van der Waals surface area contributed by atoms with E-state index in [1.807, 2.05) is 25.1 Å². The first kappa shape index (κ1) is 9.39. The molecule has 0 amide bonds. The average Bonchev–Trinajstić information content (AvgIpc) is 2.09. The van der Waals surface area contributed by atoms with Crippen LogP contribution in [0.4, 0.5) is 5.69 Å². The number of ether oxygens (including phenoxy) is 1. The molecule has 0 aromatic heterocycles. The first-order chi connectivity index (χ1) is 5.77. The van der Waals surface area contributed by atoms with Gasteiger partial charge in [-0.2, -0.15) is 0 Å². The predicted octanol–water partition coefficient (Wildman–Crippen LogP) is 2.56. The van der Waals surface area contributed by atoms with Gasteiger partial charge in [0.15, 0.2) is 0 Å². The van der Waals surface area contributed by atoms with E-state index in [-0.39, 0.29) is 0 Å². The van der Waals surface area contributed by atoms with Crippen LogP contribution in [0, 0.1) is 0 Å². The molecule has 1 aromatic rings. The molecule has 3 heteroatoms. The number of nitrogens with two attached hydrogens (primary N) is 1. The van der Waals surface area contributed by atoms with Crippen molar-refractivity contribution in [3.8, 4) is 5.75 Å². The van der Waals surface area contributed by atoms with Crippen LogP contribution in [0.25, 0.3) is 0 Å². The minimum Gasteiger partial charge on any atom is -0.492 e. The van der Waals surface area contributed by atoms with E-state index in [0.29, 0.717) is 12.3 Å². The summed E-state index contributed by atoms with van der Waals surface area (Å²) in [5.41, 5.74) is 7.60. The van der Waals surface area contributed by atoms with Crippen LogP contribution in [0.2, 0.25) is 0 Å². The zero-order valence-corrected chi connectivity index (χ0v) is 8.60. The first-order valence-corrected chi connectivity index (χ1v) is 4.97. The normalized spacial score (nSPS) is 9.83. The van der Waals surface area contributed by atoms with Crippen LogP contribution in [0.1, 0.15) is 12.5 Å². The Morgan fingerprint density at radius 1 is 1.50 bits per heavy atom. The summed E-state index contributed by atoms with van der Waals surface area (Å²) in [7, 11) is 0. The Morgan fingerprint density at radius 2 is 2.25 bits per heavy atom. The summed E-state index contributed by atoms with van der Waals surface area (Å²) >= 11 is 3.36. The number of hydrogen-bond acceptors (Lipinski definition) is 2. The number of halogens is 1. The smallest absolute Gasteiger partial charge is 0.142 e. The molecule has 0 bridgehead atoms. The topological polar surface area (TPSA) is 35.2 Å². The fourth-order valence-electron chi connectivity index (χ4n) is 0.968. The summed E-state index contributed by atoms with van der Waals surface area (Å²) < 4.78 is 5.30. The molecule has 0 fully saturated rings. The lowest BCUT2D eigenvalue weighted by Gasteiger charge is -2.06. The van der Waals surface area contributed by atoms with Gasteiger partial charge in [0.05, 0.1) is 12.3 Å². The van der Waals surface area contributed by atoms with Gasteiger partial charge in [-0.05, 0) is 24.6 Å². The van der Waals surface area contributed by atoms with E-state index in [1.165, 1.54) is 0 Å². The Morgan fingerprint density at radius 3 is 2.75 bits per heavy atom. The number of rotatable bonds is 3. The van der Waals surface area contributed by atoms with Gasteiger partial charge >= 0.3 is 0 Å². The van der Waals surface area contributed by atoms with Crippen molar-refractivity contribution in [2.24, 2.45) is 0 Å². The van der Waals surface area contributed by atoms with Gasteiger partial charge in [-0.3, -0.25) is 0 Å². The van der Waals surface area contributed by atoms with Crippen molar-refractivity contribution >= 4 is 21.6 Å². The molecule has 0 atom stereocenters. The average molecular weight is 230 g/mol. The van der Waals surface area contributed by atoms with E-state index in [9.17, 15) is 0 Å². The molecule has 0 saturated heterocycles. The minimum absolute atomic E-state index is 0.651. The van der Waals surface area contributed by atoms with Gasteiger partial charge in [0.2, 0.25) is 0 Å². The fourth-order valence-corrected chi connectivity index (χ4v) is 1.32. The van der Waals surface area contributed by atoms with Crippen molar-refractivity contribution < 1.29 is 4.74 Å². The summed E-state index contributed by atoms with van der Waals surface area (Å²) in [5, 5.41) is 0.823. The second-order valence-electron chi connectivity index (χ2n) is 2.44. The maximum Gasteiger partial charge on any atom is 0.142 e. The molecular formula is C9H12BrNO. The van der Waals surface area contributed by atoms with E-state index in [4.69, 9.17) is 10.5 Å². The standard InChI is InChI=1S/C9H12BrNO/c1-2-12-9-4-3-7(6-10)5-8(9)11/h3-5H,2,6,11H2,1H3. The van der Waals surface area contributed by atoms with E-state index in [1.54, 1.807) is 0 Å².